The summed E-state index contributed by atoms with van der Waals surface area (Å²) in [5.41, 5.74) is 2.90. The van der Waals surface area contributed by atoms with E-state index < -0.39 is 0 Å². The summed E-state index contributed by atoms with van der Waals surface area (Å²) in [6.07, 6.45) is 2.49. The van der Waals surface area contributed by atoms with Gasteiger partial charge in [-0.1, -0.05) is 13.0 Å². The normalized spacial score (nSPS) is 14.8. The van der Waals surface area contributed by atoms with Gasteiger partial charge in [-0.25, -0.2) is 0 Å². The Balaban J connectivity index is 1.49. The minimum absolute atomic E-state index is 0.0765. The first kappa shape index (κ1) is 18.1. The second-order valence-electron chi connectivity index (χ2n) is 6.85. The molecule has 2 aromatic carbocycles. The maximum absolute atomic E-state index is 12.1. The number of hydrogen-bond acceptors (Lipinski definition) is 4. The van der Waals surface area contributed by atoms with Crippen LogP contribution < -0.4 is 20.3 Å². The van der Waals surface area contributed by atoms with Gasteiger partial charge in [0.05, 0.1) is 13.7 Å². The zero-order chi connectivity index (χ0) is 18.4. The highest BCUT2D eigenvalue weighted by atomic mass is 16.5. The largest absolute Gasteiger partial charge is 0.497 e. The molecular weight excluding hydrogens is 326 g/mol. The Bertz CT molecular complexity index is 722. The summed E-state index contributed by atoms with van der Waals surface area (Å²) in [6.45, 7) is 4.74. The third kappa shape index (κ3) is 4.91. The predicted molar refractivity (Wildman–Crippen MR) is 107 cm³/mol. The minimum Gasteiger partial charge on any atom is -0.497 e. The van der Waals surface area contributed by atoms with Crippen LogP contribution >= 0.6 is 0 Å². The van der Waals surface area contributed by atoms with E-state index in [4.69, 9.17) is 4.74 Å². The van der Waals surface area contributed by atoms with E-state index in [1.54, 1.807) is 7.11 Å². The molecule has 0 saturated carbocycles. The molecule has 0 unspecified atom stereocenters. The lowest BCUT2D eigenvalue weighted by Crippen LogP contribution is -2.32. The van der Waals surface area contributed by atoms with Gasteiger partial charge >= 0.3 is 0 Å². The number of anilines is 3. The number of amides is 1. The minimum atomic E-state index is -0.0765. The fourth-order valence-corrected chi connectivity index (χ4v) is 3.14. The third-order valence-corrected chi connectivity index (χ3v) is 4.82. The maximum Gasteiger partial charge on any atom is 0.243 e. The quantitative estimate of drug-likeness (QED) is 0.825. The molecule has 138 valence electrons. The van der Waals surface area contributed by atoms with Gasteiger partial charge in [0.25, 0.3) is 0 Å². The molecule has 0 radical (unpaired) electrons. The maximum atomic E-state index is 12.1. The third-order valence-electron chi connectivity index (χ3n) is 4.82. The fourth-order valence-electron chi connectivity index (χ4n) is 3.14. The van der Waals surface area contributed by atoms with Crippen molar-refractivity contribution in [2.45, 2.75) is 19.8 Å². The monoisotopic (exact) mass is 353 g/mol. The zero-order valence-electron chi connectivity index (χ0n) is 15.5. The molecule has 3 rings (SSSR count). The molecule has 1 heterocycles. The number of carbonyl (C=O) groups excluding carboxylic acids is 1. The highest BCUT2D eigenvalue weighted by Crippen LogP contribution is 2.24. The van der Waals surface area contributed by atoms with Crippen LogP contribution in [0.25, 0.3) is 0 Å². The number of ether oxygens (including phenoxy) is 1. The van der Waals surface area contributed by atoms with Crippen LogP contribution in [0.2, 0.25) is 0 Å². The van der Waals surface area contributed by atoms with Gasteiger partial charge < -0.3 is 20.3 Å². The van der Waals surface area contributed by atoms with Gasteiger partial charge in [-0.3, -0.25) is 4.79 Å². The molecule has 2 N–H and O–H groups in total. The molecule has 5 nitrogen and oxygen atoms in total. The molecule has 1 aliphatic heterocycles. The Kier molecular flexibility index (Phi) is 6.00. The highest BCUT2D eigenvalue weighted by Gasteiger charge is 2.15. The van der Waals surface area contributed by atoms with Gasteiger partial charge in [-0.2, -0.15) is 0 Å². The molecule has 0 bridgehead atoms. The van der Waals surface area contributed by atoms with Gasteiger partial charge in [0, 0.05) is 36.2 Å². The van der Waals surface area contributed by atoms with Crippen LogP contribution in [0.1, 0.15) is 19.8 Å². The standard InChI is InChI=1S/C21H27N3O2/c1-16-10-12-24(13-11-16)19-8-6-17(7-9-19)23-21(25)15-22-18-4-3-5-20(14-18)26-2/h3-9,14,16,22H,10-13,15H2,1-2H3,(H,23,25). The summed E-state index contributed by atoms with van der Waals surface area (Å²) in [6, 6.07) is 15.6. The first-order chi connectivity index (χ1) is 12.6. The van der Waals surface area contributed by atoms with Crippen LogP contribution in [-0.2, 0) is 4.79 Å². The molecule has 1 aliphatic rings. The Morgan fingerprint density at radius 2 is 1.85 bits per heavy atom. The molecule has 2 aromatic rings. The number of rotatable bonds is 6. The average molecular weight is 353 g/mol. The Labute approximate surface area is 155 Å². The second-order valence-corrected chi connectivity index (χ2v) is 6.85. The van der Waals surface area contributed by atoms with Gasteiger partial charge in [0.15, 0.2) is 0 Å². The van der Waals surface area contributed by atoms with Crippen molar-refractivity contribution in [3.8, 4) is 5.75 Å². The van der Waals surface area contributed by atoms with Gasteiger partial charge in [0.2, 0.25) is 5.91 Å². The number of hydrogen-bond donors (Lipinski definition) is 2. The number of nitrogens with zero attached hydrogens (tertiary/aromatic N) is 1. The van der Waals surface area contributed by atoms with E-state index in [0.717, 1.165) is 36.1 Å². The van der Waals surface area contributed by atoms with E-state index in [-0.39, 0.29) is 12.5 Å². The van der Waals surface area contributed by atoms with Crippen molar-refractivity contribution in [3.05, 3.63) is 48.5 Å². The topological polar surface area (TPSA) is 53.6 Å². The van der Waals surface area contributed by atoms with Crippen molar-refractivity contribution in [2.24, 2.45) is 5.92 Å². The molecule has 5 heteroatoms. The number of piperidine rings is 1. The van der Waals surface area contributed by atoms with E-state index in [2.05, 4.69) is 34.6 Å². The summed E-state index contributed by atoms with van der Waals surface area (Å²) >= 11 is 0. The van der Waals surface area contributed by atoms with Gasteiger partial charge in [0.1, 0.15) is 5.75 Å². The fraction of sp³-hybridized carbons (Fsp3) is 0.381. The number of carbonyl (C=O) groups is 1. The first-order valence-corrected chi connectivity index (χ1v) is 9.17. The van der Waals surface area contributed by atoms with Crippen LogP contribution in [0, 0.1) is 5.92 Å². The zero-order valence-corrected chi connectivity index (χ0v) is 15.5. The Morgan fingerprint density at radius 3 is 2.54 bits per heavy atom. The van der Waals surface area contributed by atoms with Crippen LogP contribution in [0.15, 0.2) is 48.5 Å². The molecule has 0 spiro atoms. The lowest BCUT2D eigenvalue weighted by atomic mass is 9.99. The van der Waals surface area contributed by atoms with Crippen molar-refractivity contribution in [3.63, 3.8) is 0 Å². The summed E-state index contributed by atoms with van der Waals surface area (Å²) in [7, 11) is 1.62. The van der Waals surface area contributed by atoms with E-state index in [1.807, 2.05) is 36.4 Å². The molecule has 26 heavy (non-hydrogen) atoms. The molecule has 1 fully saturated rings. The van der Waals surface area contributed by atoms with Gasteiger partial charge in [-0.05, 0) is 55.2 Å². The molecule has 0 aromatic heterocycles. The Hall–Kier alpha value is -2.69. The molecule has 1 saturated heterocycles. The first-order valence-electron chi connectivity index (χ1n) is 9.17. The van der Waals surface area contributed by atoms with Crippen molar-refractivity contribution >= 4 is 23.0 Å². The van der Waals surface area contributed by atoms with Crippen molar-refractivity contribution in [1.29, 1.82) is 0 Å². The van der Waals surface area contributed by atoms with Crippen LogP contribution in [-0.4, -0.2) is 32.7 Å². The van der Waals surface area contributed by atoms with E-state index >= 15 is 0 Å². The van der Waals surface area contributed by atoms with Crippen LogP contribution in [0.3, 0.4) is 0 Å². The Morgan fingerprint density at radius 1 is 1.12 bits per heavy atom. The summed E-state index contributed by atoms with van der Waals surface area (Å²) < 4.78 is 5.18. The predicted octanol–water partition coefficient (Wildman–Crippen LogP) is 3.98. The van der Waals surface area contributed by atoms with E-state index in [1.165, 1.54) is 18.5 Å². The van der Waals surface area contributed by atoms with Crippen molar-refractivity contribution in [1.82, 2.24) is 0 Å². The van der Waals surface area contributed by atoms with Crippen molar-refractivity contribution < 1.29 is 9.53 Å². The average Bonchev–Trinajstić information content (AvgIpc) is 2.68. The summed E-state index contributed by atoms with van der Waals surface area (Å²) in [5, 5.41) is 6.03. The number of methoxy groups -OCH3 is 1. The molecule has 0 aliphatic carbocycles. The van der Waals surface area contributed by atoms with Crippen LogP contribution in [0.4, 0.5) is 17.1 Å². The lowest BCUT2D eigenvalue weighted by molar-refractivity contribution is -0.114. The SMILES string of the molecule is COc1cccc(NCC(=O)Nc2ccc(N3CCC(C)CC3)cc2)c1. The number of nitrogens with one attached hydrogen (secondary N) is 2. The summed E-state index contributed by atoms with van der Waals surface area (Å²) in [5.74, 6) is 1.51. The van der Waals surface area contributed by atoms with E-state index in [0.29, 0.717) is 0 Å². The van der Waals surface area contributed by atoms with E-state index in [9.17, 15) is 4.79 Å². The van der Waals surface area contributed by atoms with Gasteiger partial charge in [-0.15, -0.1) is 0 Å². The highest BCUT2D eigenvalue weighted by molar-refractivity contribution is 5.93. The smallest absolute Gasteiger partial charge is 0.243 e. The molecular formula is C21H27N3O2. The van der Waals surface area contributed by atoms with Crippen molar-refractivity contribution in [2.75, 3.05) is 42.3 Å². The molecule has 1 amide bonds. The van der Waals surface area contributed by atoms with Crippen LogP contribution in [0.5, 0.6) is 5.75 Å². The summed E-state index contributed by atoms with van der Waals surface area (Å²) in [4.78, 5) is 14.6. The molecule has 0 atom stereocenters. The lowest BCUT2D eigenvalue weighted by Gasteiger charge is -2.32. The second kappa shape index (κ2) is 8.61. The number of benzene rings is 2.